The molecule has 44 heavy (non-hydrogen) atoms. The van der Waals surface area contributed by atoms with Gasteiger partial charge < -0.3 is 25.5 Å². The summed E-state index contributed by atoms with van der Waals surface area (Å²) < 4.78 is 0. The van der Waals surface area contributed by atoms with E-state index in [9.17, 15) is 5.11 Å². The summed E-state index contributed by atoms with van der Waals surface area (Å²) in [6.07, 6.45) is 8.94. The van der Waals surface area contributed by atoms with Gasteiger partial charge in [0.2, 0.25) is 0 Å². The zero-order valence-corrected chi connectivity index (χ0v) is 24.8. The Morgan fingerprint density at radius 1 is 0.841 bits per heavy atom. The molecule has 1 aromatic carbocycles. The van der Waals surface area contributed by atoms with Crippen LogP contribution in [0.2, 0.25) is 0 Å². The van der Waals surface area contributed by atoms with Crippen molar-refractivity contribution in [2.75, 3.05) is 66.2 Å². The van der Waals surface area contributed by atoms with Gasteiger partial charge >= 0.3 is 0 Å². The molecule has 3 fully saturated rings. The van der Waals surface area contributed by atoms with Crippen LogP contribution >= 0.6 is 0 Å². The maximum absolute atomic E-state index is 10.4. The topological polar surface area (TPSA) is 111 Å². The molecule has 3 N–H and O–H groups in total. The second kappa shape index (κ2) is 12.4. The summed E-state index contributed by atoms with van der Waals surface area (Å²) in [4.78, 5) is 18.5. The Morgan fingerprint density at radius 3 is 2.45 bits per heavy atom. The Hall–Kier alpha value is -4.88. The largest absolute Gasteiger partial charge is 0.507 e. The maximum Gasteiger partial charge on any atom is 0.169 e. The number of hydrogen-bond acceptors (Lipinski definition) is 10. The van der Waals surface area contributed by atoms with Gasteiger partial charge in [0.1, 0.15) is 11.4 Å². The van der Waals surface area contributed by atoms with Crippen LogP contribution < -0.4 is 20.4 Å². The number of piperazine rings is 1. The van der Waals surface area contributed by atoms with Gasteiger partial charge in [0.15, 0.2) is 5.82 Å². The summed E-state index contributed by atoms with van der Waals surface area (Å²) >= 11 is 0. The van der Waals surface area contributed by atoms with Gasteiger partial charge in [-0.15, -0.1) is 10.2 Å². The SMILES string of the molecule is Nc1nnc(-c2ccccc2O)cc1N1CC2CCC(C1)N2c1ccnc(C#CCN2CCCN(c3ccncc3)CC2)c1. The minimum atomic E-state index is 0.179. The molecule has 2 unspecified atom stereocenters. The summed E-state index contributed by atoms with van der Waals surface area (Å²) in [6, 6.07) is 18.2. The third-order valence-electron chi connectivity index (χ3n) is 8.98. The van der Waals surface area contributed by atoms with Crippen LogP contribution in [0.4, 0.5) is 22.9 Å². The molecule has 10 nitrogen and oxygen atoms in total. The highest BCUT2D eigenvalue weighted by atomic mass is 16.3. The third kappa shape index (κ3) is 5.83. The average Bonchev–Trinajstić information content (AvgIpc) is 3.19. The number of fused-ring (bicyclic) bond motifs is 2. The summed E-state index contributed by atoms with van der Waals surface area (Å²) in [7, 11) is 0. The van der Waals surface area contributed by atoms with E-state index in [4.69, 9.17) is 5.73 Å². The monoisotopic (exact) mass is 587 g/mol. The van der Waals surface area contributed by atoms with Gasteiger partial charge in [0, 0.05) is 86.9 Å². The number of rotatable bonds is 5. The van der Waals surface area contributed by atoms with Crippen LogP contribution in [-0.4, -0.2) is 88.1 Å². The predicted octanol–water partition coefficient (Wildman–Crippen LogP) is 3.64. The first kappa shape index (κ1) is 27.9. The minimum Gasteiger partial charge on any atom is -0.507 e. The summed E-state index contributed by atoms with van der Waals surface area (Å²) in [5, 5.41) is 18.9. The molecule has 10 heteroatoms. The molecule has 3 aromatic heterocycles. The lowest BCUT2D eigenvalue weighted by atomic mass is 10.1. The number of benzene rings is 1. The third-order valence-corrected chi connectivity index (χ3v) is 8.98. The number of phenolic OH excluding ortho intramolecular Hbond substituents is 1. The lowest BCUT2D eigenvalue weighted by Crippen LogP contribution is -2.54. The Balaban J connectivity index is 1.01. The fraction of sp³-hybridized carbons (Fsp3) is 0.353. The molecule has 0 aliphatic carbocycles. The first-order chi connectivity index (χ1) is 21.6. The molecule has 0 amide bonds. The second-order valence-corrected chi connectivity index (χ2v) is 11.7. The van der Waals surface area contributed by atoms with E-state index in [2.05, 4.69) is 75.9 Å². The van der Waals surface area contributed by atoms with Crippen LogP contribution in [0.3, 0.4) is 0 Å². The second-order valence-electron chi connectivity index (χ2n) is 11.7. The van der Waals surface area contributed by atoms with Crippen LogP contribution in [0, 0.1) is 11.8 Å². The smallest absolute Gasteiger partial charge is 0.169 e. The molecule has 3 saturated heterocycles. The van der Waals surface area contributed by atoms with Crippen LogP contribution in [0.5, 0.6) is 5.75 Å². The molecule has 4 aromatic rings. The number of para-hydroxylation sites is 1. The highest BCUT2D eigenvalue weighted by molar-refractivity contribution is 5.74. The van der Waals surface area contributed by atoms with Gasteiger partial charge in [-0.25, -0.2) is 4.98 Å². The number of aromatic hydroxyl groups is 1. The predicted molar refractivity (Wildman–Crippen MR) is 174 cm³/mol. The van der Waals surface area contributed by atoms with Crippen molar-refractivity contribution in [2.24, 2.45) is 0 Å². The quantitative estimate of drug-likeness (QED) is 0.336. The molecular weight excluding hydrogens is 550 g/mol. The van der Waals surface area contributed by atoms with E-state index in [0.717, 1.165) is 76.5 Å². The van der Waals surface area contributed by atoms with Crippen molar-refractivity contribution in [3.05, 3.63) is 78.9 Å². The highest BCUT2D eigenvalue weighted by Gasteiger charge is 2.40. The average molecular weight is 588 g/mol. The van der Waals surface area contributed by atoms with Crippen molar-refractivity contribution in [1.82, 2.24) is 25.1 Å². The molecule has 6 heterocycles. The first-order valence-electron chi connectivity index (χ1n) is 15.4. The van der Waals surface area contributed by atoms with Gasteiger partial charge in [0.25, 0.3) is 0 Å². The first-order valence-corrected chi connectivity index (χ1v) is 15.4. The normalized spacial score (nSPS) is 20.2. The number of nitrogens with zero attached hydrogens (tertiary/aromatic N) is 8. The number of pyridine rings is 2. The zero-order chi connectivity index (χ0) is 29.9. The van der Waals surface area contributed by atoms with E-state index in [1.165, 1.54) is 11.4 Å². The van der Waals surface area contributed by atoms with Crippen molar-refractivity contribution in [1.29, 1.82) is 0 Å². The van der Waals surface area contributed by atoms with Gasteiger partial charge in [-0.05, 0) is 67.6 Å². The molecule has 2 bridgehead atoms. The Morgan fingerprint density at radius 2 is 1.64 bits per heavy atom. The molecule has 0 spiro atoms. The molecule has 2 atom stereocenters. The van der Waals surface area contributed by atoms with Gasteiger partial charge in [-0.3, -0.25) is 9.88 Å². The van der Waals surface area contributed by atoms with E-state index in [0.29, 0.717) is 29.2 Å². The van der Waals surface area contributed by atoms with E-state index < -0.39 is 0 Å². The van der Waals surface area contributed by atoms with Crippen molar-refractivity contribution < 1.29 is 5.11 Å². The van der Waals surface area contributed by atoms with Crippen LogP contribution in [0.25, 0.3) is 11.3 Å². The molecule has 224 valence electrons. The van der Waals surface area contributed by atoms with Gasteiger partial charge in [-0.1, -0.05) is 18.1 Å². The summed E-state index contributed by atoms with van der Waals surface area (Å²) in [5.41, 5.74) is 11.7. The highest BCUT2D eigenvalue weighted by Crippen LogP contribution is 2.39. The molecule has 7 rings (SSSR count). The number of anilines is 4. The fourth-order valence-corrected chi connectivity index (χ4v) is 6.82. The molecule has 3 aliphatic rings. The number of hydrogen-bond donors (Lipinski definition) is 2. The van der Waals surface area contributed by atoms with Gasteiger partial charge in [-0.2, -0.15) is 0 Å². The summed E-state index contributed by atoms with van der Waals surface area (Å²) in [5.74, 6) is 7.32. The number of nitrogens with two attached hydrogens (primary N) is 1. The van der Waals surface area contributed by atoms with E-state index >= 15 is 0 Å². The maximum atomic E-state index is 10.4. The Labute approximate surface area is 258 Å². The van der Waals surface area contributed by atoms with Crippen molar-refractivity contribution in [3.63, 3.8) is 0 Å². The van der Waals surface area contributed by atoms with Crippen LogP contribution in [0.15, 0.2) is 73.2 Å². The summed E-state index contributed by atoms with van der Waals surface area (Å²) in [6.45, 7) is 6.49. The van der Waals surface area contributed by atoms with Gasteiger partial charge in [0.05, 0.1) is 17.9 Å². The standard InChI is InChI=1S/C34H37N9O/c35-34-32(22-31(38-39-34)30-6-1-2-7-33(30)44)42-23-28-8-9-29(24-42)43(28)27-12-15-37-25(21-27)5-3-16-40-17-4-18-41(20-19-40)26-10-13-36-14-11-26/h1-2,6-7,10-15,21-22,28-29,44H,4,8-9,16-20,23-24H2,(H2,35,39). The minimum absolute atomic E-state index is 0.179. The molecule has 3 aliphatic heterocycles. The number of phenols is 1. The Kier molecular flexibility index (Phi) is 7.86. The number of aromatic nitrogens is 4. The van der Waals surface area contributed by atoms with Crippen molar-refractivity contribution >= 4 is 22.9 Å². The fourth-order valence-electron chi connectivity index (χ4n) is 6.82. The lowest BCUT2D eigenvalue weighted by molar-refractivity contribution is 0.330. The van der Waals surface area contributed by atoms with E-state index in [1.54, 1.807) is 12.1 Å². The molecular formula is C34H37N9O. The van der Waals surface area contributed by atoms with Crippen LogP contribution in [-0.2, 0) is 0 Å². The lowest BCUT2D eigenvalue weighted by Gasteiger charge is -2.43. The molecule has 0 radical (unpaired) electrons. The zero-order valence-electron chi connectivity index (χ0n) is 24.8. The van der Waals surface area contributed by atoms with E-state index in [1.807, 2.05) is 36.8 Å². The van der Waals surface area contributed by atoms with E-state index in [-0.39, 0.29) is 5.75 Å². The van der Waals surface area contributed by atoms with Crippen molar-refractivity contribution in [3.8, 4) is 28.8 Å². The number of nitrogen functional groups attached to an aromatic ring is 1. The molecule has 0 saturated carbocycles. The van der Waals surface area contributed by atoms with Crippen LogP contribution in [0.1, 0.15) is 25.0 Å². The van der Waals surface area contributed by atoms with Crippen molar-refractivity contribution in [2.45, 2.75) is 31.3 Å². The Bertz CT molecular complexity index is 1660.